The lowest BCUT2D eigenvalue weighted by Gasteiger charge is -2.49. The van der Waals surface area contributed by atoms with Gasteiger partial charge in [0.1, 0.15) is 30.1 Å². The van der Waals surface area contributed by atoms with E-state index < -0.39 is 36.4 Å². The zero-order valence-corrected chi connectivity index (χ0v) is 14.0. The number of hydrogen-bond donors (Lipinski definition) is 2. The van der Waals surface area contributed by atoms with E-state index in [4.69, 9.17) is 18.9 Å². The van der Waals surface area contributed by atoms with Crippen LogP contribution in [0.2, 0.25) is 0 Å². The summed E-state index contributed by atoms with van der Waals surface area (Å²) in [5.41, 5.74) is 0. The number of hydrogen-bond acceptors (Lipinski definition) is 6. The van der Waals surface area contributed by atoms with Gasteiger partial charge in [-0.1, -0.05) is 18.2 Å². The van der Waals surface area contributed by atoms with Crippen LogP contribution >= 0.6 is 0 Å². The molecular weight excluding hydrogens is 314 g/mol. The van der Waals surface area contributed by atoms with Gasteiger partial charge in [0.15, 0.2) is 5.79 Å². The highest BCUT2D eigenvalue weighted by Gasteiger charge is 2.52. The first-order valence-electron chi connectivity index (χ1n) is 8.00. The molecule has 0 saturated carbocycles. The smallest absolute Gasteiger partial charge is 0.223 e. The van der Waals surface area contributed by atoms with Crippen LogP contribution in [0.25, 0.3) is 0 Å². The first kappa shape index (κ1) is 17.2. The van der Waals surface area contributed by atoms with Crippen molar-refractivity contribution in [2.24, 2.45) is 0 Å². The summed E-state index contributed by atoms with van der Waals surface area (Å²) in [4.78, 5) is 11.5. The second-order valence-electron chi connectivity index (χ2n) is 6.48. The van der Waals surface area contributed by atoms with Crippen LogP contribution in [-0.2, 0) is 19.0 Å². The van der Waals surface area contributed by atoms with Crippen LogP contribution in [0.1, 0.15) is 20.8 Å². The van der Waals surface area contributed by atoms with Crippen molar-refractivity contribution >= 4 is 5.91 Å². The summed E-state index contributed by atoms with van der Waals surface area (Å²) in [6, 6.07) is 8.35. The van der Waals surface area contributed by atoms with E-state index in [-0.39, 0.29) is 12.5 Å². The Bertz CT molecular complexity index is 578. The Morgan fingerprint density at radius 2 is 2.04 bits per heavy atom. The largest absolute Gasteiger partial charge is 0.463 e. The first-order chi connectivity index (χ1) is 11.4. The van der Waals surface area contributed by atoms with Crippen LogP contribution in [0.3, 0.4) is 0 Å². The highest BCUT2D eigenvalue weighted by molar-refractivity contribution is 5.73. The van der Waals surface area contributed by atoms with Crippen LogP contribution in [0, 0.1) is 0 Å². The highest BCUT2D eigenvalue weighted by atomic mass is 16.8. The van der Waals surface area contributed by atoms with E-state index in [1.54, 1.807) is 26.0 Å². The Balaban J connectivity index is 1.81. The minimum Gasteiger partial charge on any atom is -0.463 e. The van der Waals surface area contributed by atoms with E-state index in [1.165, 1.54) is 6.92 Å². The molecule has 2 aliphatic rings. The topological polar surface area (TPSA) is 86.3 Å². The quantitative estimate of drug-likeness (QED) is 0.849. The molecule has 0 aromatic heterocycles. The average Bonchev–Trinajstić information content (AvgIpc) is 2.52. The van der Waals surface area contributed by atoms with Crippen LogP contribution in [-0.4, -0.2) is 54.1 Å². The normalized spacial score (nSPS) is 34.9. The van der Waals surface area contributed by atoms with Gasteiger partial charge in [0.05, 0.1) is 6.61 Å². The number of para-hydroxylation sites is 1. The molecule has 2 heterocycles. The molecule has 3 rings (SSSR count). The van der Waals surface area contributed by atoms with E-state index >= 15 is 0 Å². The lowest BCUT2D eigenvalue weighted by molar-refractivity contribution is -0.361. The van der Waals surface area contributed by atoms with Crippen LogP contribution in [0.5, 0.6) is 5.75 Å². The lowest BCUT2D eigenvalue weighted by Crippen LogP contribution is -2.69. The molecule has 7 heteroatoms. The van der Waals surface area contributed by atoms with Gasteiger partial charge in [-0.05, 0) is 26.0 Å². The maximum atomic E-state index is 11.5. The summed E-state index contributed by atoms with van der Waals surface area (Å²) in [5, 5.41) is 13.4. The van der Waals surface area contributed by atoms with Gasteiger partial charge in [0, 0.05) is 6.92 Å². The monoisotopic (exact) mass is 337 g/mol. The van der Waals surface area contributed by atoms with Crippen molar-refractivity contribution in [3.8, 4) is 5.75 Å². The summed E-state index contributed by atoms with van der Waals surface area (Å²) < 4.78 is 23.1. The number of rotatable bonds is 3. The van der Waals surface area contributed by atoms with Gasteiger partial charge in [-0.15, -0.1) is 0 Å². The number of aliphatic hydroxyl groups excluding tert-OH is 1. The van der Waals surface area contributed by atoms with Crippen molar-refractivity contribution in [3.63, 3.8) is 0 Å². The predicted molar refractivity (Wildman–Crippen MR) is 84.2 cm³/mol. The van der Waals surface area contributed by atoms with Gasteiger partial charge in [0.25, 0.3) is 0 Å². The molecule has 2 fully saturated rings. The number of nitrogens with one attached hydrogen (secondary N) is 1. The number of fused-ring (bicyclic) bond motifs is 1. The number of amides is 1. The molecule has 0 spiro atoms. The zero-order chi connectivity index (χ0) is 17.3. The van der Waals surface area contributed by atoms with Crippen molar-refractivity contribution in [2.75, 3.05) is 6.61 Å². The summed E-state index contributed by atoms with van der Waals surface area (Å²) in [5.74, 6) is -0.519. The Labute approximate surface area is 140 Å². The van der Waals surface area contributed by atoms with Gasteiger partial charge in [-0.25, -0.2) is 0 Å². The van der Waals surface area contributed by atoms with Gasteiger partial charge in [-0.2, -0.15) is 0 Å². The summed E-state index contributed by atoms with van der Waals surface area (Å²) in [6.45, 7) is 5.20. The maximum absolute atomic E-state index is 11.5. The molecule has 0 bridgehead atoms. The number of aliphatic hydroxyl groups is 1. The van der Waals surface area contributed by atoms with Crippen molar-refractivity contribution in [1.82, 2.24) is 5.32 Å². The molecule has 2 N–H and O–H groups in total. The number of ether oxygens (including phenoxy) is 4. The fourth-order valence-corrected chi connectivity index (χ4v) is 2.97. The molecule has 1 amide bonds. The van der Waals surface area contributed by atoms with Gasteiger partial charge in [-0.3, -0.25) is 4.79 Å². The summed E-state index contributed by atoms with van der Waals surface area (Å²) in [7, 11) is 0. The number of carbonyl (C=O) groups excluding carboxylic acids is 1. The van der Waals surface area contributed by atoms with Crippen LogP contribution < -0.4 is 10.1 Å². The molecular formula is C17H23NO6. The second kappa shape index (κ2) is 6.68. The molecule has 0 radical (unpaired) electrons. The van der Waals surface area contributed by atoms with E-state index in [9.17, 15) is 9.90 Å². The molecule has 2 aliphatic heterocycles. The molecule has 1 aromatic rings. The minimum atomic E-state index is -0.982. The molecule has 24 heavy (non-hydrogen) atoms. The Morgan fingerprint density at radius 1 is 1.33 bits per heavy atom. The molecule has 5 atom stereocenters. The maximum Gasteiger partial charge on any atom is 0.223 e. The Hall–Kier alpha value is -1.67. The van der Waals surface area contributed by atoms with Gasteiger partial charge >= 0.3 is 0 Å². The van der Waals surface area contributed by atoms with Crippen molar-refractivity contribution in [2.45, 2.75) is 57.2 Å². The molecule has 1 aromatic carbocycles. The average molecular weight is 337 g/mol. The predicted octanol–water partition coefficient (Wildman–Crippen LogP) is 0.807. The molecule has 7 nitrogen and oxygen atoms in total. The first-order valence-corrected chi connectivity index (χ1v) is 8.00. The number of carbonyl (C=O) groups is 1. The third-order valence-electron chi connectivity index (χ3n) is 4.05. The second-order valence-corrected chi connectivity index (χ2v) is 6.48. The third-order valence-corrected chi connectivity index (χ3v) is 4.05. The molecule has 0 unspecified atom stereocenters. The Morgan fingerprint density at radius 3 is 2.71 bits per heavy atom. The van der Waals surface area contributed by atoms with Crippen molar-refractivity contribution in [1.29, 1.82) is 0 Å². The standard InChI is InChI=1S/C17H23NO6/c1-10(19)18-13-14(20)15-12(9-21-17(2,3)24-15)23-16(13)22-11-7-5-4-6-8-11/h4-8,12-16,20H,9H2,1-3H3,(H,18,19)/t12-,13-,14-,15-,16-/m1/s1. The summed E-state index contributed by atoms with van der Waals surface area (Å²) in [6.07, 6.45) is -2.92. The van der Waals surface area contributed by atoms with Gasteiger partial charge < -0.3 is 29.4 Å². The fourth-order valence-electron chi connectivity index (χ4n) is 2.97. The van der Waals surface area contributed by atoms with E-state index in [2.05, 4.69) is 5.32 Å². The van der Waals surface area contributed by atoms with Crippen LogP contribution in [0.4, 0.5) is 0 Å². The Kier molecular flexibility index (Phi) is 4.78. The SMILES string of the molecule is CC(=O)N[C@H]1[C@H](Oc2ccccc2)O[C@@H]2COC(C)(C)O[C@H]2[C@@H]1O. The molecule has 0 aliphatic carbocycles. The molecule has 132 valence electrons. The van der Waals surface area contributed by atoms with E-state index in [1.807, 2.05) is 18.2 Å². The number of benzene rings is 1. The highest BCUT2D eigenvalue weighted by Crippen LogP contribution is 2.33. The van der Waals surface area contributed by atoms with Gasteiger partial charge in [0.2, 0.25) is 12.2 Å². The third kappa shape index (κ3) is 3.70. The van der Waals surface area contributed by atoms with Crippen molar-refractivity contribution < 1.29 is 28.8 Å². The zero-order valence-electron chi connectivity index (χ0n) is 14.0. The fraction of sp³-hybridized carbons (Fsp3) is 0.588. The lowest BCUT2D eigenvalue weighted by atomic mass is 9.95. The molecule has 2 saturated heterocycles. The van der Waals surface area contributed by atoms with E-state index in [0.717, 1.165) is 0 Å². The van der Waals surface area contributed by atoms with Crippen LogP contribution in [0.15, 0.2) is 30.3 Å². The minimum absolute atomic E-state index is 0.274. The van der Waals surface area contributed by atoms with E-state index in [0.29, 0.717) is 5.75 Å². The summed E-state index contributed by atoms with van der Waals surface area (Å²) >= 11 is 0. The van der Waals surface area contributed by atoms with Crippen molar-refractivity contribution in [3.05, 3.63) is 30.3 Å².